The van der Waals surface area contributed by atoms with E-state index in [0.717, 1.165) is 16.1 Å². The van der Waals surface area contributed by atoms with Crippen LogP contribution < -0.4 is 9.62 Å². The van der Waals surface area contributed by atoms with Crippen molar-refractivity contribution in [2.24, 2.45) is 0 Å². The number of nitrogens with zero attached hydrogens (tertiary/aromatic N) is 2. The van der Waals surface area contributed by atoms with Gasteiger partial charge in [0.05, 0.1) is 22.0 Å². The summed E-state index contributed by atoms with van der Waals surface area (Å²) in [4.78, 5) is 28.1. The van der Waals surface area contributed by atoms with Gasteiger partial charge in [-0.25, -0.2) is 12.8 Å². The van der Waals surface area contributed by atoms with Crippen molar-refractivity contribution in [2.75, 3.05) is 24.2 Å². The Morgan fingerprint density at radius 1 is 0.946 bits per heavy atom. The first kappa shape index (κ1) is 28.4. The fraction of sp³-hybridized carbons (Fsp3) is 0.231. The predicted molar refractivity (Wildman–Crippen MR) is 144 cm³/mol. The van der Waals surface area contributed by atoms with Crippen molar-refractivity contribution in [1.82, 2.24) is 10.2 Å². The molecule has 3 aromatic rings. The molecule has 3 aromatic carbocycles. The Kier molecular flexibility index (Phi) is 9.53. The van der Waals surface area contributed by atoms with Crippen LogP contribution in [0.15, 0.2) is 72.8 Å². The first-order valence-corrected chi connectivity index (χ1v) is 13.8. The molecule has 0 radical (unpaired) electrons. The van der Waals surface area contributed by atoms with E-state index in [1.54, 1.807) is 0 Å². The van der Waals surface area contributed by atoms with Crippen LogP contribution in [-0.2, 0) is 32.6 Å². The van der Waals surface area contributed by atoms with Crippen molar-refractivity contribution in [3.8, 4) is 0 Å². The van der Waals surface area contributed by atoms with Crippen LogP contribution in [0, 0.1) is 5.82 Å². The Hall–Kier alpha value is -3.14. The Bertz CT molecular complexity index is 1360. The minimum Gasteiger partial charge on any atom is -0.357 e. The lowest BCUT2D eigenvalue weighted by Gasteiger charge is -2.33. The van der Waals surface area contributed by atoms with Crippen LogP contribution in [0.1, 0.15) is 11.1 Å². The second kappa shape index (κ2) is 12.4. The second-order valence-corrected chi connectivity index (χ2v) is 11.1. The second-order valence-electron chi connectivity index (χ2n) is 8.34. The number of carbonyl (C=O) groups excluding carboxylic acids is 2. The van der Waals surface area contributed by atoms with Gasteiger partial charge in [-0.1, -0.05) is 65.7 Å². The smallest absolute Gasteiger partial charge is 0.244 e. The number of likely N-dealkylation sites (N-methyl/N-ethyl adjacent to an activating group) is 1. The molecule has 0 fully saturated rings. The summed E-state index contributed by atoms with van der Waals surface area (Å²) in [5.41, 5.74) is 1.51. The van der Waals surface area contributed by atoms with Crippen molar-refractivity contribution in [1.29, 1.82) is 0 Å². The number of carbonyl (C=O) groups is 2. The number of nitrogens with one attached hydrogen (secondary N) is 1. The molecule has 11 heteroatoms. The number of halogens is 3. The highest BCUT2D eigenvalue weighted by atomic mass is 35.5. The van der Waals surface area contributed by atoms with E-state index in [4.69, 9.17) is 23.2 Å². The van der Waals surface area contributed by atoms with Gasteiger partial charge in [0.1, 0.15) is 18.4 Å². The van der Waals surface area contributed by atoms with Crippen LogP contribution in [-0.4, -0.2) is 51.0 Å². The van der Waals surface area contributed by atoms with Crippen molar-refractivity contribution < 1.29 is 22.4 Å². The highest BCUT2D eigenvalue weighted by Gasteiger charge is 2.32. The number of benzene rings is 3. The van der Waals surface area contributed by atoms with Gasteiger partial charge in [0.15, 0.2) is 0 Å². The minimum absolute atomic E-state index is 0.0526. The number of rotatable bonds is 10. The normalized spacial score (nSPS) is 12.0. The number of anilines is 1. The molecule has 2 amide bonds. The van der Waals surface area contributed by atoms with E-state index in [9.17, 15) is 22.4 Å². The highest BCUT2D eigenvalue weighted by Crippen LogP contribution is 2.28. The van der Waals surface area contributed by atoms with E-state index < -0.39 is 40.2 Å². The van der Waals surface area contributed by atoms with Gasteiger partial charge in [-0.05, 0) is 41.5 Å². The summed E-state index contributed by atoms with van der Waals surface area (Å²) in [6.07, 6.45) is 1.15. The molecule has 0 aromatic heterocycles. The van der Waals surface area contributed by atoms with Crippen molar-refractivity contribution in [3.05, 3.63) is 99.8 Å². The van der Waals surface area contributed by atoms with Crippen LogP contribution in [0.3, 0.4) is 0 Å². The molecule has 1 atom stereocenters. The average molecular weight is 566 g/mol. The first-order chi connectivity index (χ1) is 17.5. The third-order valence-corrected chi connectivity index (χ3v) is 7.53. The molecule has 196 valence electrons. The van der Waals surface area contributed by atoms with Gasteiger partial charge in [0, 0.05) is 20.0 Å². The maximum atomic E-state index is 13.8. The zero-order valence-corrected chi connectivity index (χ0v) is 22.5. The molecule has 1 N–H and O–H groups in total. The summed E-state index contributed by atoms with van der Waals surface area (Å²) in [5.74, 6) is -1.51. The van der Waals surface area contributed by atoms with E-state index in [2.05, 4.69) is 5.32 Å². The number of amides is 2. The fourth-order valence-electron chi connectivity index (χ4n) is 3.76. The first-order valence-electron chi connectivity index (χ1n) is 11.2. The molecule has 0 bridgehead atoms. The molecule has 0 saturated heterocycles. The van der Waals surface area contributed by atoms with Crippen LogP contribution in [0.2, 0.25) is 10.0 Å². The van der Waals surface area contributed by atoms with Crippen LogP contribution in [0.25, 0.3) is 0 Å². The van der Waals surface area contributed by atoms with Gasteiger partial charge in [-0.3, -0.25) is 13.9 Å². The standard InChI is InChI=1S/C26H26Cl2FN3O4S/c1-30-26(34)24(14-18-6-4-3-5-7-18)31(16-19-8-10-20(29)11-9-19)25(33)17-32(37(2,35)36)21-12-13-22(27)23(28)15-21/h3-13,15,24H,14,16-17H2,1-2H3,(H,30,34)/t24-/m1/s1. The molecule has 7 nitrogen and oxygen atoms in total. The maximum absolute atomic E-state index is 13.8. The predicted octanol–water partition coefficient (Wildman–Crippen LogP) is 4.28. The summed E-state index contributed by atoms with van der Waals surface area (Å²) < 4.78 is 39.8. The van der Waals surface area contributed by atoms with Crippen molar-refractivity contribution in [3.63, 3.8) is 0 Å². The molecule has 37 heavy (non-hydrogen) atoms. The van der Waals surface area contributed by atoms with Gasteiger partial charge < -0.3 is 10.2 Å². The molecule has 0 heterocycles. The van der Waals surface area contributed by atoms with Crippen LogP contribution in [0.5, 0.6) is 0 Å². The molecule has 0 aliphatic rings. The number of hydrogen-bond donors (Lipinski definition) is 1. The van der Waals surface area contributed by atoms with Crippen LogP contribution >= 0.6 is 23.2 Å². The molecule has 0 aliphatic heterocycles. The summed E-state index contributed by atoms with van der Waals surface area (Å²) in [6, 6.07) is 17.9. The quantitative estimate of drug-likeness (QED) is 0.397. The minimum atomic E-state index is -3.93. The van der Waals surface area contributed by atoms with E-state index in [1.165, 1.54) is 54.4 Å². The van der Waals surface area contributed by atoms with Gasteiger partial charge in [-0.2, -0.15) is 0 Å². The Labute approximate surface area is 225 Å². The fourth-order valence-corrected chi connectivity index (χ4v) is 4.89. The molecular weight excluding hydrogens is 540 g/mol. The molecule has 0 spiro atoms. The third-order valence-electron chi connectivity index (χ3n) is 5.65. The van der Waals surface area contributed by atoms with Crippen molar-refractivity contribution >= 4 is 50.7 Å². The highest BCUT2D eigenvalue weighted by molar-refractivity contribution is 7.92. The number of hydrogen-bond acceptors (Lipinski definition) is 4. The zero-order valence-electron chi connectivity index (χ0n) is 20.2. The molecule has 0 saturated carbocycles. The average Bonchev–Trinajstić information content (AvgIpc) is 2.87. The Balaban J connectivity index is 2.03. The van der Waals surface area contributed by atoms with Gasteiger partial charge in [0.2, 0.25) is 21.8 Å². The topological polar surface area (TPSA) is 86.8 Å². The summed E-state index contributed by atoms with van der Waals surface area (Å²) >= 11 is 12.1. The van der Waals surface area contributed by atoms with Crippen LogP contribution in [0.4, 0.5) is 10.1 Å². The summed E-state index contributed by atoms with van der Waals surface area (Å²) in [6.45, 7) is -0.650. The lowest BCUT2D eigenvalue weighted by molar-refractivity contribution is -0.139. The summed E-state index contributed by atoms with van der Waals surface area (Å²) in [7, 11) is -2.47. The lowest BCUT2D eigenvalue weighted by Crippen LogP contribution is -2.52. The third kappa shape index (κ3) is 7.67. The van der Waals surface area contributed by atoms with Gasteiger partial charge >= 0.3 is 0 Å². The molecule has 3 rings (SSSR count). The van der Waals surface area contributed by atoms with E-state index >= 15 is 0 Å². The van der Waals surface area contributed by atoms with Gasteiger partial charge in [-0.15, -0.1) is 0 Å². The SMILES string of the molecule is CNC(=O)[C@@H](Cc1ccccc1)N(Cc1ccc(F)cc1)C(=O)CN(c1ccc(Cl)c(Cl)c1)S(C)(=O)=O. The van der Waals surface area contributed by atoms with Gasteiger partial charge in [0.25, 0.3) is 0 Å². The van der Waals surface area contributed by atoms with E-state index in [-0.39, 0.29) is 28.7 Å². The van der Waals surface area contributed by atoms with E-state index in [1.807, 2.05) is 30.3 Å². The molecular formula is C26H26Cl2FN3O4S. The number of sulfonamides is 1. The maximum Gasteiger partial charge on any atom is 0.244 e. The Morgan fingerprint density at radius 3 is 2.16 bits per heavy atom. The Morgan fingerprint density at radius 2 is 1.59 bits per heavy atom. The zero-order chi connectivity index (χ0) is 27.2. The molecule has 0 unspecified atom stereocenters. The van der Waals surface area contributed by atoms with E-state index in [0.29, 0.717) is 5.56 Å². The lowest BCUT2D eigenvalue weighted by atomic mass is 10.0. The van der Waals surface area contributed by atoms with Crippen molar-refractivity contribution in [2.45, 2.75) is 19.0 Å². The molecule has 0 aliphatic carbocycles. The largest absolute Gasteiger partial charge is 0.357 e. The summed E-state index contributed by atoms with van der Waals surface area (Å²) in [5, 5.41) is 2.94. The monoisotopic (exact) mass is 565 g/mol.